The van der Waals surface area contributed by atoms with Crippen molar-refractivity contribution >= 4 is 13.8 Å². The molecule has 0 rings (SSSR count). The third-order valence-electron chi connectivity index (χ3n) is 1.04. The molecule has 0 fully saturated rings. The summed E-state index contributed by atoms with van der Waals surface area (Å²) in [5.41, 5.74) is 10.3. The molecule has 0 aliphatic rings. The van der Waals surface area contributed by atoms with E-state index in [0.29, 0.717) is 19.4 Å². The Hall–Kier alpha value is -0.620. The Kier molecular flexibility index (Phi) is 27.1. The molecule has 0 spiro atoms. The van der Waals surface area contributed by atoms with Crippen molar-refractivity contribution in [3.63, 3.8) is 0 Å². The van der Waals surface area contributed by atoms with Gasteiger partial charge in [0.2, 0.25) is 0 Å². The number of carboxylic acid groups (broad SMARTS) is 1. The van der Waals surface area contributed by atoms with E-state index in [1.807, 2.05) is 0 Å². The first-order valence-corrected chi connectivity index (χ1v) is 5.21. The van der Waals surface area contributed by atoms with E-state index in [2.05, 4.69) is 0 Å². The summed E-state index contributed by atoms with van der Waals surface area (Å²) in [6.07, 6.45) is 1.14. The zero-order valence-corrected chi connectivity index (χ0v) is 10.4. The monoisotopic (exact) mass is 281 g/mol. The molecular weight excluding hydrogens is 257 g/mol. The minimum absolute atomic E-state index is 0. The predicted molar refractivity (Wildman–Crippen MR) is 63.2 cm³/mol. The molecule has 0 aromatic heterocycles. The molecule has 0 radical (unpaired) electrons. The molecule has 11 nitrogen and oxygen atoms in total. The lowest BCUT2D eigenvalue weighted by molar-refractivity contribution is -0.138. The van der Waals surface area contributed by atoms with Crippen LogP contribution in [0.1, 0.15) is 12.8 Å². The van der Waals surface area contributed by atoms with Gasteiger partial charge >= 0.3 is 13.8 Å². The lowest BCUT2D eigenvalue weighted by atomic mass is 10.2. The Balaban J connectivity index is -0.0000000533. The summed E-state index contributed by atoms with van der Waals surface area (Å²) < 4.78 is 8.88. The molecule has 110 valence electrons. The van der Waals surface area contributed by atoms with Crippen molar-refractivity contribution in [2.45, 2.75) is 18.9 Å². The quantitative estimate of drug-likeness (QED) is 0.273. The van der Waals surface area contributed by atoms with Crippen molar-refractivity contribution in [3.05, 3.63) is 0 Å². The molecule has 0 aliphatic heterocycles. The summed E-state index contributed by atoms with van der Waals surface area (Å²) in [5.74, 6) is -0.955. The van der Waals surface area contributed by atoms with Gasteiger partial charge in [-0.2, -0.15) is 0 Å². The largest absolute Gasteiger partial charge is 0.480 e. The molecule has 0 aromatic rings. The van der Waals surface area contributed by atoms with E-state index in [-0.39, 0.29) is 18.5 Å². The summed E-state index contributed by atoms with van der Waals surface area (Å²) in [6.45, 7) is 0.501. The van der Waals surface area contributed by atoms with Crippen LogP contribution in [0.4, 0.5) is 0 Å². The van der Waals surface area contributed by atoms with Crippen LogP contribution in [0.5, 0.6) is 0 Å². The van der Waals surface area contributed by atoms with Crippen molar-refractivity contribution in [2.75, 3.05) is 6.54 Å². The Morgan fingerprint density at radius 2 is 1.47 bits per heavy atom. The normalized spacial score (nSPS) is 10.4. The van der Waals surface area contributed by atoms with Gasteiger partial charge in [-0.3, -0.25) is 4.79 Å². The van der Waals surface area contributed by atoms with Gasteiger partial charge in [-0.25, -0.2) is 4.57 Å². The van der Waals surface area contributed by atoms with Gasteiger partial charge in [0.05, 0.1) is 0 Å². The number of carboxylic acids is 1. The lowest BCUT2D eigenvalue weighted by Gasteiger charge is -2.02. The van der Waals surface area contributed by atoms with Crippen LogP contribution in [-0.2, 0) is 9.36 Å². The standard InChI is InChI=1S/C5H12N2O2.3H3N.H3O4P/c6-3-1-2-4(7)5(8)9;;;;1-5(2,3)4/h4H,1-3,6-7H2,(H,8,9);3*1H3;(H3,1,2,3,4)/t4-;;;;/m0..../s1. The molecule has 0 aromatic carbocycles. The van der Waals surface area contributed by atoms with Crippen LogP contribution in [0, 0.1) is 0 Å². The van der Waals surface area contributed by atoms with Gasteiger partial charge < -0.3 is 49.7 Å². The first-order chi connectivity index (χ1) is 6.18. The highest BCUT2D eigenvalue weighted by Crippen LogP contribution is 2.25. The summed E-state index contributed by atoms with van der Waals surface area (Å²) >= 11 is 0. The van der Waals surface area contributed by atoms with Gasteiger partial charge in [-0.05, 0) is 19.4 Å². The third-order valence-corrected chi connectivity index (χ3v) is 1.04. The molecule has 17 N–H and O–H groups in total. The van der Waals surface area contributed by atoms with Crippen molar-refractivity contribution in [1.82, 2.24) is 18.5 Å². The lowest BCUT2D eigenvalue weighted by Crippen LogP contribution is -2.30. The number of hydrogen-bond acceptors (Lipinski definition) is 7. The zero-order valence-electron chi connectivity index (χ0n) is 9.53. The first-order valence-electron chi connectivity index (χ1n) is 3.65. The number of nitrogens with two attached hydrogens (primary N) is 2. The Morgan fingerprint density at radius 3 is 1.65 bits per heavy atom. The van der Waals surface area contributed by atoms with E-state index in [9.17, 15) is 4.79 Å². The SMILES string of the molecule is N.N.N.NCCC[C@H](N)C(=O)O.O=P(O)(O)O. The predicted octanol–water partition coefficient (Wildman–Crippen LogP) is -1.31. The van der Waals surface area contributed by atoms with Crippen LogP contribution in [0.2, 0.25) is 0 Å². The highest BCUT2D eigenvalue weighted by atomic mass is 31.2. The van der Waals surface area contributed by atoms with E-state index in [1.54, 1.807) is 0 Å². The highest BCUT2D eigenvalue weighted by molar-refractivity contribution is 7.45. The van der Waals surface area contributed by atoms with Crippen LogP contribution >= 0.6 is 7.82 Å². The second-order valence-corrected chi connectivity index (χ2v) is 3.42. The molecular formula is C5H24N5O6P. The topological polar surface area (TPSA) is 272 Å². The molecule has 0 heterocycles. The number of hydrogen-bond donors (Lipinski definition) is 9. The average molecular weight is 281 g/mol. The molecule has 1 atom stereocenters. The maximum absolute atomic E-state index is 10.0. The van der Waals surface area contributed by atoms with Crippen molar-refractivity contribution in [2.24, 2.45) is 11.5 Å². The molecule has 0 saturated carbocycles. The van der Waals surface area contributed by atoms with E-state index in [4.69, 9.17) is 35.8 Å². The minimum Gasteiger partial charge on any atom is -0.480 e. The van der Waals surface area contributed by atoms with E-state index >= 15 is 0 Å². The van der Waals surface area contributed by atoms with E-state index in [0.717, 1.165) is 0 Å². The number of phosphoric acid groups is 1. The molecule has 0 unspecified atom stereocenters. The summed E-state index contributed by atoms with van der Waals surface area (Å²) in [4.78, 5) is 31.6. The fraction of sp³-hybridized carbons (Fsp3) is 0.800. The van der Waals surface area contributed by atoms with Crippen LogP contribution in [0.15, 0.2) is 0 Å². The van der Waals surface area contributed by atoms with E-state index < -0.39 is 19.8 Å². The Bertz CT molecular complexity index is 203. The van der Waals surface area contributed by atoms with Gasteiger partial charge in [0, 0.05) is 0 Å². The summed E-state index contributed by atoms with van der Waals surface area (Å²) in [5, 5.41) is 8.24. The molecule has 17 heavy (non-hydrogen) atoms. The average Bonchev–Trinajstić information content (AvgIpc) is 1.96. The Morgan fingerprint density at radius 1 is 1.18 bits per heavy atom. The van der Waals surface area contributed by atoms with Crippen LogP contribution in [0.25, 0.3) is 0 Å². The van der Waals surface area contributed by atoms with Crippen molar-refractivity contribution in [1.29, 1.82) is 0 Å². The zero-order chi connectivity index (χ0) is 11.8. The van der Waals surface area contributed by atoms with Crippen LogP contribution in [0.3, 0.4) is 0 Å². The highest BCUT2D eigenvalue weighted by Gasteiger charge is 2.08. The van der Waals surface area contributed by atoms with Gasteiger partial charge in [0.25, 0.3) is 0 Å². The Labute approximate surface area is 99.2 Å². The van der Waals surface area contributed by atoms with Gasteiger partial charge in [-0.15, -0.1) is 0 Å². The number of aliphatic carboxylic acids is 1. The fourth-order valence-electron chi connectivity index (χ4n) is 0.461. The van der Waals surface area contributed by atoms with Crippen molar-refractivity contribution < 1.29 is 29.1 Å². The summed E-state index contributed by atoms with van der Waals surface area (Å²) in [7, 11) is -4.64. The van der Waals surface area contributed by atoms with Gasteiger partial charge in [0.1, 0.15) is 6.04 Å². The molecule has 0 amide bonds. The van der Waals surface area contributed by atoms with Gasteiger partial charge in [0.15, 0.2) is 0 Å². The number of rotatable bonds is 4. The molecule has 0 aliphatic carbocycles. The molecule has 12 heteroatoms. The van der Waals surface area contributed by atoms with Gasteiger partial charge in [-0.1, -0.05) is 0 Å². The van der Waals surface area contributed by atoms with Crippen LogP contribution in [-0.4, -0.2) is 38.3 Å². The molecule has 0 saturated heterocycles. The fourth-order valence-corrected chi connectivity index (χ4v) is 0.461. The summed E-state index contributed by atoms with van der Waals surface area (Å²) in [6, 6.07) is -0.742. The second-order valence-electron chi connectivity index (χ2n) is 2.39. The van der Waals surface area contributed by atoms with Crippen molar-refractivity contribution in [3.8, 4) is 0 Å². The smallest absolute Gasteiger partial charge is 0.466 e. The maximum atomic E-state index is 10.0. The second kappa shape index (κ2) is 15.4. The minimum atomic E-state index is -4.64. The van der Waals surface area contributed by atoms with E-state index in [1.165, 1.54) is 0 Å². The van der Waals surface area contributed by atoms with Crippen LogP contribution < -0.4 is 29.9 Å². The third kappa shape index (κ3) is 50.6. The first kappa shape index (κ1) is 29.9. The number of carbonyl (C=O) groups is 1. The maximum Gasteiger partial charge on any atom is 0.466 e. The molecule has 0 bridgehead atoms.